The smallest absolute Gasteiger partial charge is 0.265 e. The molecule has 0 bridgehead atoms. The zero-order valence-corrected chi connectivity index (χ0v) is 10.3. The van der Waals surface area contributed by atoms with E-state index < -0.39 is 0 Å². The van der Waals surface area contributed by atoms with Crippen molar-refractivity contribution in [2.75, 3.05) is 18.1 Å². The second-order valence-corrected chi connectivity index (χ2v) is 4.17. The Balaban J connectivity index is 2.41. The summed E-state index contributed by atoms with van der Waals surface area (Å²) in [4.78, 5) is 13.4. The van der Waals surface area contributed by atoms with Crippen LogP contribution in [0, 0.1) is 0 Å². The molecule has 0 fully saturated rings. The SMILES string of the molecule is CCC(N)c1ccc2c(c1)N(CC)C(=O)CO2. The predicted molar refractivity (Wildman–Crippen MR) is 67.2 cm³/mol. The third-order valence-electron chi connectivity index (χ3n) is 3.11. The number of anilines is 1. The Morgan fingerprint density at radius 2 is 2.24 bits per heavy atom. The molecule has 17 heavy (non-hydrogen) atoms. The van der Waals surface area contributed by atoms with Crippen LogP contribution in [0.1, 0.15) is 31.9 Å². The molecule has 0 saturated heterocycles. The van der Waals surface area contributed by atoms with Crippen molar-refractivity contribution in [1.82, 2.24) is 0 Å². The van der Waals surface area contributed by atoms with Crippen LogP contribution in [-0.4, -0.2) is 19.1 Å². The molecule has 2 N–H and O–H groups in total. The highest BCUT2D eigenvalue weighted by atomic mass is 16.5. The number of fused-ring (bicyclic) bond motifs is 1. The van der Waals surface area contributed by atoms with E-state index in [1.54, 1.807) is 4.90 Å². The molecule has 1 aromatic carbocycles. The lowest BCUT2D eigenvalue weighted by Gasteiger charge is -2.29. The van der Waals surface area contributed by atoms with E-state index in [1.807, 2.05) is 32.0 Å². The highest BCUT2D eigenvalue weighted by Crippen LogP contribution is 2.34. The van der Waals surface area contributed by atoms with Crippen molar-refractivity contribution in [3.05, 3.63) is 23.8 Å². The minimum atomic E-state index is 0.00206. The molecule has 1 atom stereocenters. The van der Waals surface area contributed by atoms with Gasteiger partial charge in [-0.25, -0.2) is 0 Å². The number of amides is 1. The maximum Gasteiger partial charge on any atom is 0.265 e. The first-order chi connectivity index (χ1) is 8.17. The average Bonchev–Trinajstić information content (AvgIpc) is 2.37. The van der Waals surface area contributed by atoms with Gasteiger partial charge < -0.3 is 15.4 Å². The van der Waals surface area contributed by atoms with Crippen molar-refractivity contribution in [1.29, 1.82) is 0 Å². The molecule has 0 spiro atoms. The molecule has 92 valence electrons. The van der Waals surface area contributed by atoms with Crippen LogP contribution >= 0.6 is 0 Å². The Kier molecular flexibility index (Phi) is 3.33. The standard InChI is InChI=1S/C13H18N2O2/c1-3-10(14)9-5-6-12-11(7-9)15(4-2)13(16)8-17-12/h5-7,10H,3-4,8,14H2,1-2H3. The second-order valence-electron chi connectivity index (χ2n) is 4.17. The molecule has 4 nitrogen and oxygen atoms in total. The lowest BCUT2D eigenvalue weighted by atomic mass is 10.0. The highest BCUT2D eigenvalue weighted by molar-refractivity contribution is 5.97. The minimum absolute atomic E-state index is 0.00206. The first kappa shape index (κ1) is 11.9. The Labute approximate surface area is 101 Å². The van der Waals surface area contributed by atoms with E-state index in [0.717, 1.165) is 23.4 Å². The molecule has 1 aromatic rings. The fourth-order valence-electron chi connectivity index (χ4n) is 2.03. The number of ether oxygens (including phenoxy) is 1. The number of carbonyl (C=O) groups excluding carboxylic acids is 1. The van der Waals surface area contributed by atoms with Gasteiger partial charge in [-0.15, -0.1) is 0 Å². The summed E-state index contributed by atoms with van der Waals surface area (Å²) >= 11 is 0. The number of likely N-dealkylation sites (N-methyl/N-ethyl adjacent to an activating group) is 1. The summed E-state index contributed by atoms with van der Waals surface area (Å²) in [6.07, 6.45) is 0.875. The molecule has 0 saturated carbocycles. The fourth-order valence-corrected chi connectivity index (χ4v) is 2.03. The van der Waals surface area contributed by atoms with E-state index in [2.05, 4.69) is 0 Å². The van der Waals surface area contributed by atoms with Crippen LogP contribution in [0.2, 0.25) is 0 Å². The minimum Gasteiger partial charge on any atom is -0.482 e. The largest absolute Gasteiger partial charge is 0.482 e. The van der Waals surface area contributed by atoms with Gasteiger partial charge in [0.2, 0.25) is 0 Å². The van der Waals surface area contributed by atoms with Gasteiger partial charge in [0.05, 0.1) is 5.69 Å². The summed E-state index contributed by atoms with van der Waals surface area (Å²) in [5, 5.41) is 0. The normalized spacial score (nSPS) is 16.4. The Bertz CT molecular complexity index is 431. The van der Waals surface area contributed by atoms with Crippen LogP contribution < -0.4 is 15.4 Å². The van der Waals surface area contributed by atoms with E-state index >= 15 is 0 Å². The van der Waals surface area contributed by atoms with Crippen molar-refractivity contribution in [2.24, 2.45) is 5.73 Å². The van der Waals surface area contributed by atoms with Gasteiger partial charge >= 0.3 is 0 Å². The molecule has 4 heteroatoms. The molecule has 1 unspecified atom stereocenters. The zero-order chi connectivity index (χ0) is 12.4. The quantitative estimate of drug-likeness (QED) is 0.868. The molecule has 2 rings (SSSR count). The molecule has 1 heterocycles. The molecule has 1 aliphatic rings. The number of hydrogen-bond donors (Lipinski definition) is 1. The number of nitrogens with zero attached hydrogens (tertiary/aromatic N) is 1. The first-order valence-electron chi connectivity index (χ1n) is 6.00. The van der Waals surface area contributed by atoms with Crippen LogP contribution in [0.3, 0.4) is 0 Å². The second kappa shape index (κ2) is 4.75. The first-order valence-corrected chi connectivity index (χ1v) is 6.00. The third-order valence-corrected chi connectivity index (χ3v) is 3.11. The Hall–Kier alpha value is -1.55. The summed E-state index contributed by atoms with van der Waals surface area (Å²) in [5.74, 6) is 0.765. The van der Waals surface area contributed by atoms with Gasteiger partial charge in [-0.2, -0.15) is 0 Å². The van der Waals surface area contributed by atoms with Crippen molar-refractivity contribution < 1.29 is 9.53 Å². The van der Waals surface area contributed by atoms with Gasteiger partial charge in [0, 0.05) is 12.6 Å². The van der Waals surface area contributed by atoms with E-state index in [0.29, 0.717) is 6.54 Å². The maximum atomic E-state index is 11.7. The van der Waals surface area contributed by atoms with Gasteiger partial charge in [-0.05, 0) is 31.0 Å². The van der Waals surface area contributed by atoms with Crippen molar-refractivity contribution >= 4 is 11.6 Å². The Morgan fingerprint density at radius 1 is 1.47 bits per heavy atom. The van der Waals surface area contributed by atoms with E-state index in [9.17, 15) is 4.79 Å². The maximum absolute atomic E-state index is 11.7. The predicted octanol–water partition coefficient (Wildman–Crippen LogP) is 1.84. The zero-order valence-electron chi connectivity index (χ0n) is 10.3. The fraction of sp³-hybridized carbons (Fsp3) is 0.462. The number of rotatable bonds is 3. The summed E-state index contributed by atoms with van der Waals surface area (Å²) in [5.41, 5.74) is 7.89. The molecular weight excluding hydrogens is 216 g/mol. The molecule has 0 aliphatic carbocycles. The molecule has 1 aliphatic heterocycles. The highest BCUT2D eigenvalue weighted by Gasteiger charge is 2.24. The summed E-state index contributed by atoms with van der Waals surface area (Å²) in [6.45, 7) is 4.78. The van der Waals surface area contributed by atoms with Crippen LogP contribution in [0.4, 0.5) is 5.69 Å². The topological polar surface area (TPSA) is 55.6 Å². The van der Waals surface area contributed by atoms with Crippen molar-refractivity contribution in [3.63, 3.8) is 0 Å². The van der Waals surface area contributed by atoms with Crippen LogP contribution in [0.15, 0.2) is 18.2 Å². The third kappa shape index (κ3) is 2.13. The average molecular weight is 234 g/mol. The van der Waals surface area contributed by atoms with Gasteiger partial charge in [0.25, 0.3) is 5.91 Å². The summed E-state index contributed by atoms with van der Waals surface area (Å²) in [7, 11) is 0. The Morgan fingerprint density at radius 3 is 2.88 bits per heavy atom. The summed E-state index contributed by atoms with van der Waals surface area (Å²) in [6, 6.07) is 5.84. The van der Waals surface area contributed by atoms with E-state index in [4.69, 9.17) is 10.5 Å². The monoisotopic (exact) mass is 234 g/mol. The van der Waals surface area contributed by atoms with E-state index in [1.165, 1.54) is 0 Å². The molecular formula is C13H18N2O2. The van der Waals surface area contributed by atoms with E-state index in [-0.39, 0.29) is 18.6 Å². The van der Waals surface area contributed by atoms with Crippen molar-refractivity contribution in [3.8, 4) is 5.75 Å². The van der Waals surface area contributed by atoms with Crippen LogP contribution in [0.5, 0.6) is 5.75 Å². The van der Waals surface area contributed by atoms with Gasteiger partial charge in [-0.3, -0.25) is 4.79 Å². The van der Waals surface area contributed by atoms with Crippen LogP contribution in [0.25, 0.3) is 0 Å². The van der Waals surface area contributed by atoms with Gasteiger partial charge in [-0.1, -0.05) is 13.0 Å². The number of carbonyl (C=O) groups is 1. The van der Waals surface area contributed by atoms with Crippen molar-refractivity contribution in [2.45, 2.75) is 26.3 Å². The summed E-state index contributed by atoms with van der Waals surface area (Å²) < 4.78 is 5.40. The lowest BCUT2D eigenvalue weighted by Crippen LogP contribution is -2.38. The van der Waals surface area contributed by atoms with Gasteiger partial charge in [0.1, 0.15) is 5.75 Å². The number of nitrogens with two attached hydrogens (primary N) is 1. The molecule has 0 aromatic heterocycles. The lowest BCUT2D eigenvalue weighted by molar-refractivity contribution is -0.121. The molecule has 0 radical (unpaired) electrons. The number of benzene rings is 1. The van der Waals surface area contributed by atoms with Crippen LogP contribution in [-0.2, 0) is 4.79 Å². The molecule has 1 amide bonds. The van der Waals surface area contributed by atoms with Gasteiger partial charge in [0.15, 0.2) is 6.61 Å². The number of hydrogen-bond acceptors (Lipinski definition) is 3.